The number of fused-ring (bicyclic) bond motifs is 1. The predicted octanol–water partition coefficient (Wildman–Crippen LogP) is 2.97. The summed E-state index contributed by atoms with van der Waals surface area (Å²) in [4.78, 5) is 4.52. The van der Waals surface area contributed by atoms with E-state index in [1.54, 1.807) is 6.07 Å². The van der Waals surface area contributed by atoms with Crippen LogP contribution in [-0.4, -0.2) is 16.1 Å². The molecule has 3 rings (SSSR count). The van der Waals surface area contributed by atoms with Crippen LogP contribution in [0.4, 0.5) is 0 Å². The first kappa shape index (κ1) is 11.5. The van der Waals surface area contributed by atoms with Crippen LogP contribution in [0.1, 0.15) is 31.4 Å². The molecular weight excluding hydrogens is 224 g/mol. The highest BCUT2D eigenvalue weighted by atomic mass is 16.3. The Hall–Kier alpha value is -1.61. The van der Waals surface area contributed by atoms with Crippen molar-refractivity contribution in [3.8, 4) is 5.75 Å². The first-order chi connectivity index (χ1) is 8.83. The summed E-state index contributed by atoms with van der Waals surface area (Å²) in [5.74, 6) is 0.259. The van der Waals surface area contributed by atoms with Crippen LogP contribution in [0.2, 0.25) is 0 Å². The second-order valence-corrected chi connectivity index (χ2v) is 5.01. The van der Waals surface area contributed by atoms with Gasteiger partial charge in [0.25, 0.3) is 0 Å². The molecule has 1 aromatic carbocycles. The minimum atomic E-state index is 0.259. The van der Waals surface area contributed by atoms with Gasteiger partial charge < -0.3 is 10.4 Å². The van der Waals surface area contributed by atoms with E-state index in [-0.39, 0.29) is 5.75 Å². The fourth-order valence-corrected chi connectivity index (χ4v) is 2.65. The molecule has 0 saturated heterocycles. The van der Waals surface area contributed by atoms with Crippen molar-refractivity contribution in [2.24, 2.45) is 0 Å². The Morgan fingerprint density at radius 1 is 1.17 bits per heavy atom. The first-order valence-corrected chi connectivity index (χ1v) is 6.64. The Morgan fingerprint density at radius 3 is 2.83 bits per heavy atom. The highest BCUT2D eigenvalue weighted by Crippen LogP contribution is 2.23. The number of para-hydroxylation sites is 1. The molecule has 1 fully saturated rings. The lowest BCUT2D eigenvalue weighted by molar-refractivity contribution is 0.479. The van der Waals surface area contributed by atoms with E-state index in [1.807, 2.05) is 24.3 Å². The van der Waals surface area contributed by atoms with E-state index in [0.29, 0.717) is 11.6 Å². The van der Waals surface area contributed by atoms with E-state index < -0.39 is 0 Å². The largest absolute Gasteiger partial charge is 0.506 e. The molecule has 2 N–H and O–H groups in total. The van der Waals surface area contributed by atoms with Crippen molar-refractivity contribution in [2.45, 2.75) is 38.3 Å². The maximum atomic E-state index is 9.79. The summed E-state index contributed by atoms with van der Waals surface area (Å²) in [5, 5.41) is 14.3. The number of aromatic nitrogens is 1. The van der Waals surface area contributed by atoms with Crippen LogP contribution in [0.3, 0.4) is 0 Å². The average Bonchev–Trinajstić information content (AvgIpc) is 2.90. The molecule has 0 unspecified atom stereocenters. The van der Waals surface area contributed by atoms with Crippen LogP contribution in [0.25, 0.3) is 10.9 Å². The van der Waals surface area contributed by atoms with E-state index in [0.717, 1.165) is 17.6 Å². The van der Waals surface area contributed by atoms with Crippen molar-refractivity contribution in [1.29, 1.82) is 0 Å². The Bertz CT molecular complexity index is 547. The van der Waals surface area contributed by atoms with Crippen LogP contribution in [0.15, 0.2) is 30.3 Å². The van der Waals surface area contributed by atoms with Crippen molar-refractivity contribution < 1.29 is 5.11 Å². The molecule has 94 valence electrons. The fraction of sp³-hybridized carbons (Fsp3) is 0.400. The summed E-state index contributed by atoms with van der Waals surface area (Å²) < 4.78 is 0. The number of pyridine rings is 1. The minimum Gasteiger partial charge on any atom is -0.506 e. The van der Waals surface area contributed by atoms with Gasteiger partial charge in [0.2, 0.25) is 0 Å². The maximum absolute atomic E-state index is 9.79. The second-order valence-electron chi connectivity index (χ2n) is 5.01. The van der Waals surface area contributed by atoms with E-state index >= 15 is 0 Å². The van der Waals surface area contributed by atoms with Crippen molar-refractivity contribution >= 4 is 10.9 Å². The van der Waals surface area contributed by atoms with Gasteiger partial charge in [-0.05, 0) is 25.0 Å². The molecule has 3 nitrogen and oxygen atoms in total. The molecule has 0 atom stereocenters. The molecule has 1 aromatic heterocycles. The summed E-state index contributed by atoms with van der Waals surface area (Å²) in [6.07, 6.45) is 5.23. The van der Waals surface area contributed by atoms with Crippen LogP contribution in [0.5, 0.6) is 5.75 Å². The summed E-state index contributed by atoms with van der Waals surface area (Å²) >= 11 is 0. The van der Waals surface area contributed by atoms with Gasteiger partial charge in [0, 0.05) is 18.0 Å². The zero-order chi connectivity index (χ0) is 12.4. The molecule has 1 heterocycles. The highest BCUT2D eigenvalue weighted by Gasteiger charge is 2.14. The van der Waals surface area contributed by atoms with Gasteiger partial charge in [-0.25, -0.2) is 4.98 Å². The minimum absolute atomic E-state index is 0.259. The molecule has 2 aromatic rings. The van der Waals surface area contributed by atoms with Gasteiger partial charge in [0.15, 0.2) is 0 Å². The van der Waals surface area contributed by atoms with Crippen LogP contribution in [-0.2, 0) is 6.54 Å². The quantitative estimate of drug-likeness (QED) is 0.869. The fourth-order valence-electron chi connectivity index (χ4n) is 2.65. The third-order valence-electron chi connectivity index (χ3n) is 3.68. The topological polar surface area (TPSA) is 45.1 Å². The van der Waals surface area contributed by atoms with Crippen molar-refractivity contribution in [2.75, 3.05) is 0 Å². The van der Waals surface area contributed by atoms with E-state index in [9.17, 15) is 5.11 Å². The molecule has 0 amide bonds. The number of nitrogens with one attached hydrogen (secondary N) is 1. The molecule has 1 aliphatic carbocycles. The summed E-state index contributed by atoms with van der Waals surface area (Å²) in [5.41, 5.74) is 1.69. The molecule has 1 saturated carbocycles. The van der Waals surface area contributed by atoms with E-state index in [2.05, 4.69) is 10.3 Å². The third kappa shape index (κ3) is 2.31. The molecular formula is C15H18N2O. The van der Waals surface area contributed by atoms with Gasteiger partial charge in [0.1, 0.15) is 11.3 Å². The molecule has 18 heavy (non-hydrogen) atoms. The molecule has 0 aliphatic heterocycles. The summed E-state index contributed by atoms with van der Waals surface area (Å²) in [6.45, 7) is 0.787. The predicted molar refractivity (Wildman–Crippen MR) is 72.5 cm³/mol. The maximum Gasteiger partial charge on any atom is 0.141 e. The van der Waals surface area contributed by atoms with Gasteiger partial charge >= 0.3 is 0 Å². The summed E-state index contributed by atoms with van der Waals surface area (Å²) in [6, 6.07) is 10.2. The van der Waals surface area contributed by atoms with Crippen molar-refractivity contribution in [3.63, 3.8) is 0 Å². The Kier molecular flexibility index (Phi) is 3.15. The number of hydrogen-bond donors (Lipinski definition) is 2. The molecule has 3 heteroatoms. The van der Waals surface area contributed by atoms with Gasteiger partial charge in [-0.1, -0.05) is 31.0 Å². The number of rotatable bonds is 3. The van der Waals surface area contributed by atoms with E-state index in [4.69, 9.17) is 0 Å². The van der Waals surface area contributed by atoms with E-state index in [1.165, 1.54) is 25.7 Å². The van der Waals surface area contributed by atoms with Gasteiger partial charge in [-0.3, -0.25) is 0 Å². The highest BCUT2D eigenvalue weighted by molar-refractivity contribution is 5.84. The summed E-state index contributed by atoms with van der Waals surface area (Å²) in [7, 11) is 0. The smallest absolute Gasteiger partial charge is 0.141 e. The second kappa shape index (κ2) is 4.94. The van der Waals surface area contributed by atoms with Gasteiger partial charge in [0.05, 0.1) is 5.69 Å². The number of benzene rings is 1. The van der Waals surface area contributed by atoms with Crippen LogP contribution >= 0.6 is 0 Å². The normalized spacial score (nSPS) is 16.4. The zero-order valence-electron chi connectivity index (χ0n) is 10.4. The van der Waals surface area contributed by atoms with Crippen LogP contribution < -0.4 is 5.32 Å². The lowest BCUT2D eigenvalue weighted by Gasteiger charge is -2.11. The van der Waals surface area contributed by atoms with Gasteiger partial charge in [-0.15, -0.1) is 0 Å². The first-order valence-electron chi connectivity index (χ1n) is 6.64. The molecule has 0 spiro atoms. The standard InChI is InChI=1S/C15H18N2O/c18-14-7-3-4-11-8-9-13(17-15(11)14)10-16-12-5-1-2-6-12/h3-4,7-9,12,16,18H,1-2,5-6,10H2. The number of phenolic OH excluding ortho intramolecular Hbond substituents is 1. The Balaban J connectivity index is 1.77. The lowest BCUT2D eigenvalue weighted by atomic mass is 10.2. The van der Waals surface area contributed by atoms with Crippen LogP contribution in [0, 0.1) is 0 Å². The van der Waals surface area contributed by atoms with Crippen molar-refractivity contribution in [3.05, 3.63) is 36.0 Å². The molecule has 1 aliphatic rings. The number of aromatic hydroxyl groups is 1. The van der Waals surface area contributed by atoms with Crippen molar-refractivity contribution in [1.82, 2.24) is 10.3 Å². The third-order valence-corrected chi connectivity index (χ3v) is 3.68. The molecule has 0 bridgehead atoms. The monoisotopic (exact) mass is 242 g/mol. The Morgan fingerprint density at radius 2 is 2.00 bits per heavy atom. The number of hydrogen-bond acceptors (Lipinski definition) is 3. The lowest BCUT2D eigenvalue weighted by Crippen LogP contribution is -2.25. The van der Waals surface area contributed by atoms with Gasteiger partial charge in [-0.2, -0.15) is 0 Å². The zero-order valence-corrected chi connectivity index (χ0v) is 10.4. The Labute approximate surface area is 107 Å². The SMILES string of the molecule is Oc1cccc2ccc(CNC3CCCC3)nc12. The average molecular weight is 242 g/mol. The molecule has 0 radical (unpaired) electrons. The number of nitrogens with zero attached hydrogens (tertiary/aromatic N) is 1. The number of phenols is 1.